The van der Waals surface area contributed by atoms with Gasteiger partial charge in [0.1, 0.15) is 0 Å². The molecule has 0 amide bonds. The minimum absolute atomic E-state index is 0.727. The molecular formula is C12H24N2. The van der Waals surface area contributed by atoms with Crippen molar-refractivity contribution in [2.75, 3.05) is 19.6 Å². The topological polar surface area (TPSA) is 24.1 Å². The molecule has 2 nitrogen and oxygen atoms in total. The SMILES string of the molecule is C=CCC(C)CCNCC1CCCN1. The number of hydrogen-bond acceptors (Lipinski definition) is 2. The maximum Gasteiger partial charge on any atom is 0.0192 e. The molecule has 82 valence electrons. The fraction of sp³-hybridized carbons (Fsp3) is 0.833. The second-order valence-corrected chi connectivity index (χ2v) is 4.42. The zero-order chi connectivity index (χ0) is 10.2. The molecular weight excluding hydrogens is 172 g/mol. The lowest BCUT2D eigenvalue weighted by Gasteiger charge is -2.13. The standard InChI is InChI=1S/C12H24N2/c1-3-5-11(2)7-9-13-10-12-6-4-8-14-12/h3,11-14H,1,4-10H2,2H3. The summed E-state index contributed by atoms with van der Waals surface area (Å²) in [6, 6.07) is 0.727. The lowest BCUT2D eigenvalue weighted by molar-refractivity contribution is 0.476. The first-order chi connectivity index (χ1) is 6.83. The van der Waals surface area contributed by atoms with Crippen LogP contribution in [0.5, 0.6) is 0 Å². The van der Waals surface area contributed by atoms with E-state index in [0.29, 0.717) is 0 Å². The van der Waals surface area contributed by atoms with E-state index in [9.17, 15) is 0 Å². The van der Waals surface area contributed by atoms with Gasteiger partial charge in [0.05, 0.1) is 0 Å². The Kier molecular flexibility index (Phi) is 5.88. The molecule has 2 atom stereocenters. The van der Waals surface area contributed by atoms with Crippen molar-refractivity contribution in [1.29, 1.82) is 0 Å². The van der Waals surface area contributed by atoms with Crippen LogP contribution >= 0.6 is 0 Å². The number of rotatable bonds is 7. The van der Waals surface area contributed by atoms with Crippen LogP contribution in [0.15, 0.2) is 12.7 Å². The van der Waals surface area contributed by atoms with E-state index >= 15 is 0 Å². The summed E-state index contributed by atoms with van der Waals surface area (Å²) in [7, 11) is 0. The molecule has 1 heterocycles. The summed E-state index contributed by atoms with van der Waals surface area (Å²) in [6.07, 6.45) is 7.11. The monoisotopic (exact) mass is 196 g/mol. The summed E-state index contributed by atoms with van der Waals surface area (Å²) in [5, 5.41) is 7.01. The van der Waals surface area contributed by atoms with Crippen LogP contribution in [0.1, 0.15) is 32.6 Å². The predicted octanol–water partition coefficient (Wildman–Crippen LogP) is 1.93. The van der Waals surface area contributed by atoms with E-state index in [1.807, 2.05) is 6.08 Å². The van der Waals surface area contributed by atoms with Crippen molar-refractivity contribution in [3.8, 4) is 0 Å². The summed E-state index contributed by atoms with van der Waals surface area (Å²) >= 11 is 0. The molecule has 0 bridgehead atoms. The Balaban J connectivity index is 1.90. The van der Waals surface area contributed by atoms with Crippen molar-refractivity contribution < 1.29 is 0 Å². The summed E-state index contributed by atoms with van der Waals surface area (Å²) in [6.45, 7) is 9.54. The molecule has 1 fully saturated rings. The van der Waals surface area contributed by atoms with Crippen LogP contribution < -0.4 is 10.6 Å². The quantitative estimate of drug-likeness (QED) is 0.480. The Labute approximate surface area is 88.2 Å². The first kappa shape index (κ1) is 11.7. The maximum absolute atomic E-state index is 3.76. The fourth-order valence-electron chi connectivity index (χ4n) is 1.96. The number of nitrogens with one attached hydrogen (secondary N) is 2. The van der Waals surface area contributed by atoms with Crippen LogP contribution in [0.4, 0.5) is 0 Å². The van der Waals surface area contributed by atoms with Crippen molar-refractivity contribution in [1.82, 2.24) is 10.6 Å². The second kappa shape index (κ2) is 7.02. The molecule has 14 heavy (non-hydrogen) atoms. The lowest BCUT2D eigenvalue weighted by atomic mass is 10.0. The van der Waals surface area contributed by atoms with Gasteiger partial charge in [-0.25, -0.2) is 0 Å². The third-order valence-corrected chi connectivity index (χ3v) is 2.94. The highest BCUT2D eigenvalue weighted by Crippen LogP contribution is 2.07. The van der Waals surface area contributed by atoms with E-state index in [0.717, 1.165) is 31.5 Å². The van der Waals surface area contributed by atoms with Gasteiger partial charge in [-0.1, -0.05) is 13.0 Å². The third-order valence-electron chi connectivity index (χ3n) is 2.94. The van der Waals surface area contributed by atoms with Gasteiger partial charge in [0.15, 0.2) is 0 Å². The molecule has 2 heteroatoms. The predicted molar refractivity (Wildman–Crippen MR) is 62.5 cm³/mol. The highest BCUT2D eigenvalue weighted by atomic mass is 15.0. The van der Waals surface area contributed by atoms with Gasteiger partial charge in [-0.3, -0.25) is 0 Å². The lowest BCUT2D eigenvalue weighted by Crippen LogP contribution is -2.34. The first-order valence-electron chi connectivity index (χ1n) is 5.88. The molecule has 0 aliphatic carbocycles. The highest BCUT2D eigenvalue weighted by Gasteiger charge is 2.12. The van der Waals surface area contributed by atoms with Gasteiger partial charge in [-0.15, -0.1) is 6.58 Å². The van der Waals surface area contributed by atoms with Gasteiger partial charge in [-0.2, -0.15) is 0 Å². The summed E-state index contributed by atoms with van der Waals surface area (Å²) in [5.74, 6) is 0.775. The maximum atomic E-state index is 3.76. The molecule has 1 aliphatic rings. The average Bonchev–Trinajstić information content (AvgIpc) is 2.65. The molecule has 0 spiro atoms. The Morgan fingerprint density at radius 1 is 1.64 bits per heavy atom. The molecule has 0 radical (unpaired) electrons. The van der Waals surface area contributed by atoms with Gasteiger partial charge in [0.25, 0.3) is 0 Å². The molecule has 0 aromatic carbocycles. The Morgan fingerprint density at radius 2 is 2.50 bits per heavy atom. The first-order valence-corrected chi connectivity index (χ1v) is 5.88. The van der Waals surface area contributed by atoms with Crippen molar-refractivity contribution in [3.05, 3.63) is 12.7 Å². The second-order valence-electron chi connectivity index (χ2n) is 4.42. The minimum atomic E-state index is 0.727. The summed E-state index contributed by atoms with van der Waals surface area (Å²) in [4.78, 5) is 0. The Hall–Kier alpha value is -0.340. The molecule has 0 saturated carbocycles. The Morgan fingerprint density at radius 3 is 3.14 bits per heavy atom. The molecule has 1 rings (SSSR count). The minimum Gasteiger partial charge on any atom is -0.315 e. The fourth-order valence-corrected chi connectivity index (χ4v) is 1.96. The highest BCUT2D eigenvalue weighted by molar-refractivity contribution is 4.76. The summed E-state index contributed by atoms with van der Waals surface area (Å²) < 4.78 is 0. The Bertz CT molecular complexity index is 150. The van der Waals surface area contributed by atoms with E-state index in [1.54, 1.807) is 0 Å². The zero-order valence-corrected chi connectivity index (χ0v) is 9.39. The van der Waals surface area contributed by atoms with Crippen molar-refractivity contribution in [2.24, 2.45) is 5.92 Å². The van der Waals surface area contributed by atoms with Crippen LogP contribution in [-0.4, -0.2) is 25.7 Å². The smallest absolute Gasteiger partial charge is 0.0192 e. The van der Waals surface area contributed by atoms with E-state index in [2.05, 4.69) is 24.1 Å². The van der Waals surface area contributed by atoms with Crippen molar-refractivity contribution >= 4 is 0 Å². The van der Waals surface area contributed by atoms with Gasteiger partial charge < -0.3 is 10.6 Å². The number of hydrogen-bond donors (Lipinski definition) is 2. The van der Waals surface area contributed by atoms with Gasteiger partial charge in [0, 0.05) is 12.6 Å². The van der Waals surface area contributed by atoms with E-state index in [1.165, 1.54) is 25.8 Å². The molecule has 2 unspecified atom stereocenters. The van der Waals surface area contributed by atoms with E-state index in [-0.39, 0.29) is 0 Å². The third kappa shape index (κ3) is 4.77. The van der Waals surface area contributed by atoms with E-state index < -0.39 is 0 Å². The number of allylic oxidation sites excluding steroid dienone is 1. The van der Waals surface area contributed by atoms with Crippen LogP contribution in [-0.2, 0) is 0 Å². The van der Waals surface area contributed by atoms with Crippen molar-refractivity contribution in [3.63, 3.8) is 0 Å². The van der Waals surface area contributed by atoms with Crippen LogP contribution in [0.2, 0.25) is 0 Å². The summed E-state index contributed by atoms with van der Waals surface area (Å²) in [5.41, 5.74) is 0. The molecule has 1 saturated heterocycles. The molecule has 0 aromatic heterocycles. The molecule has 2 N–H and O–H groups in total. The van der Waals surface area contributed by atoms with Crippen molar-refractivity contribution in [2.45, 2.75) is 38.6 Å². The van der Waals surface area contributed by atoms with Gasteiger partial charge in [-0.05, 0) is 44.7 Å². The molecule has 1 aliphatic heterocycles. The van der Waals surface area contributed by atoms with Crippen LogP contribution in [0, 0.1) is 5.92 Å². The molecule has 0 aromatic rings. The normalized spacial score (nSPS) is 23.6. The van der Waals surface area contributed by atoms with Gasteiger partial charge >= 0.3 is 0 Å². The zero-order valence-electron chi connectivity index (χ0n) is 9.39. The van der Waals surface area contributed by atoms with Crippen LogP contribution in [0.3, 0.4) is 0 Å². The van der Waals surface area contributed by atoms with Crippen LogP contribution in [0.25, 0.3) is 0 Å². The average molecular weight is 196 g/mol. The largest absolute Gasteiger partial charge is 0.315 e. The van der Waals surface area contributed by atoms with E-state index in [4.69, 9.17) is 0 Å². The van der Waals surface area contributed by atoms with Gasteiger partial charge in [0.2, 0.25) is 0 Å².